The van der Waals surface area contributed by atoms with Crippen molar-refractivity contribution in [3.63, 3.8) is 0 Å². The third-order valence-electron chi connectivity index (χ3n) is 9.42. The molecule has 0 spiro atoms. The fraction of sp³-hybridized carbons (Fsp3) is 0.0222. The van der Waals surface area contributed by atoms with Gasteiger partial charge in [-0.25, -0.2) is 9.97 Å². The van der Waals surface area contributed by atoms with Gasteiger partial charge in [0.25, 0.3) is 0 Å². The van der Waals surface area contributed by atoms with E-state index in [9.17, 15) is 0 Å². The van der Waals surface area contributed by atoms with E-state index in [0.717, 1.165) is 34.0 Å². The summed E-state index contributed by atoms with van der Waals surface area (Å²) in [6, 6.07) is 58.0. The van der Waals surface area contributed by atoms with E-state index in [1.807, 2.05) is 30.6 Å². The van der Waals surface area contributed by atoms with Crippen LogP contribution in [0.4, 0.5) is 17.2 Å². The van der Waals surface area contributed by atoms with Crippen LogP contribution in [0.2, 0.25) is 0 Å². The molecule has 0 aliphatic heterocycles. The average Bonchev–Trinajstić information content (AvgIpc) is 3.49. The Morgan fingerprint density at radius 3 is 2.00 bits per heavy atom. The van der Waals surface area contributed by atoms with E-state index in [1.165, 1.54) is 49.4 Å². The van der Waals surface area contributed by atoms with Crippen molar-refractivity contribution in [1.29, 1.82) is 0 Å². The van der Waals surface area contributed by atoms with Crippen molar-refractivity contribution in [3.8, 4) is 28.1 Å². The minimum atomic E-state index is 0.853. The molecule has 0 atom stereocenters. The second kappa shape index (κ2) is 11.9. The highest BCUT2D eigenvalue weighted by Crippen LogP contribution is 2.44. The molecule has 6 aromatic carbocycles. The molecule has 232 valence electrons. The Bertz CT molecular complexity index is 2590. The average molecular weight is 629 g/mol. The van der Waals surface area contributed by atoms with E-state index in [4.69, 9.17) is 9.97 Å². The zero-order chi connectivity index (χ0) is 32.7. The molecular formula is C45H32N4. The molecule has 0 aliphatic rings. The smallest absolute Gasteiger partial charge is 0.137 e. The van der Waals surface area contributed by atoms with Crippen LogP contribution in [-0.4, -0.2) is 14.5 Å². The van der Waals surface area contributed by atoms with Crippen LogP contribution in [0.15, 0.2) is 176 Å². The van der Waals surface area contributed by atoms with Crippen molar-refractivity contribution in [1.82, 2.24) is 14.5 Å². The summed E-state index contributed by atoms with van der Waals surface area (Å²) in [6.07, 6.45) is 3.73. The standard InChI is InChI=1S/C45H32N4/c1-31-21-24-36(33-15-6-3-7-16-33)38-17-12-18-41(45(31)38)48(43-19-8-10-27-46-43)35-23-25-37-39-29-34(32-13-4-2-5-14-32)22-26-40(39)49(42(37)30-35)44-20-9-11-28-47-44/h2-30H,1H3. The Morgan fingerprint density at radius 2 is 1.24 bits per heavy atom. The van der Waals surface area contributed by atoms with E-state index in [1.54, 1.807) is 0 Å². The van der Waals surface area contributed by atoms with E-state index in [-0.39, 0.29) is 0 Å². The molecule has 0 fully saturated rings. The zero-order valence-electron chi connectivity index (χ0n) is 27.0. The first kappa shape index (κ1) is 28.7. The van der Waals surface area contributed by atoms with E-state index in [0.29, 0.717) is 0 Å². The molecule has 9 aromatic rings. The molecule has 0 unspecified atom stereocenters. The molecule has 3 heterocycles. The van der Waals surface area contributed by atoms with Crippen LogP contribution in [0.1, 0.15) is 5.56 Å². The second-order valence-corrected chi connectivity index (χ2v) is 12.3. The topological polar surface area (TPSA) is 34.0 Å². The van der Waals surface area contributed by atoms with Crippen molar-refractivity contribution >= 4 is 49.8 Å². The van der Waals surface area contributed by atoms with Gasteiger partial charge in [0, 0.05) is 34.2 Å². The number of rotatable bonds is 6. The second-order valence-electron chi connectivity index (χ2n) is 12.3. The van der Waals surface area contributed by atoms with Crippen LogP contribution < -0.4 is 4.90 Å². The lowest BCUT2D eigenvalue weighted by Gasteiger charge is -2.27. The van der Waals surface area contributed by atoms with Gasteiger partial charge >= 0.3 is 0 Å². The third-order valence-corrected chi connectivity index (χ3v) is 9.42. The Balaban J connectivity index is 1.31. The maximum Gasteiger partial charge on any atom is 0.137 e. The molecule has 49 heavy (non-hydrogen) atoms. The maximum absolute atomic E-state index is 4.90. The van der Waals surface area contributed by atoms with Gasteiger partial charge in [0.2, 0.25) is 0 Å². The Labute approximate surface area is 285 Å². The zero-order valence-corrected chi connectivity index (χ0v) is 27.0. The lowest BCUT2D eigenvalue weighted by molar-refractivity contribution is 1.08. The van der Waals surface area contributed by atoms with Crippen LogP contribution in [0, 0.1) is 6.92 Å². The van der Waals surface area contributed by atoms with Crippen molar-refractivity contribution in [2.24, 2.45) is 0 Å². The van der Waals surface area contributed by atoms with Gasteiger partial charge in [-0.15, -0.1) is 0 Å². The highest BCUT2D eigenvalue weighted by atomic mass is 15.2. The van der Waals surface area contributed by atoms with Gasteiger partial charge in [-0.2, -0.15) is 0 Å². The summed E-state index contributed by atoms with van der Waals surface area (Å²) in [5.41, 5.74) is 10.3. The van der Waals surface area contributed by atoms with Crippen LogP contribution in [0.5, 0.6) is 0 Å². The summed E-state index contributed by atoms with van der Waals surface area (Å²) in [5.74, 6) is 1.73. The van der Waals surface area contributed by atoms with Crippen molar-refractivity contribution in [2.75, 3.05) is 4.90 Å². The number of aryl methyl sites for hydroxylation is 1. The predicted molar refractivity (Wildman–Crippen MR) is 204 cm³/mol. The molecule has 4 nitrogen and oxygen atoms in total. The Morgan fingerprint density at radius 1 is 0.490 bits per heavy atom. The fourth-order valence-electron chi connectivity index (χ4n) is 7.19. The van der Waals surface area contributed by atoms with Crippen molar-refractivity contribution in [3.05, 3.63) is 182 Å². The first-order valence-corrected chi connectivity index (χ1v) is 16.6. The number of hydrogen-bond donors (Lipinski definition) is 0. The summed E-state index contributed by atoms with van der Waals surface area (Å²) in [7, 11) is 0. The van der Waals surface area contributed by atoms with Crippen LogP contribution >= 0.6 is 0 Å². The third kappa shape index (κ3) is 4.93. The summed E-state index contributed by atoms with van der Waals surface area (Å²) in [6.45, 7) is 2.20. The normalized spacial score (nSPS) is 11.4. The molecule has 0 aliphatic carbocycles. The number of pyridine rings is 2. The first-order valence-electron chi connectivity index (χ1n) is 16.6. The first-order chi connectivity index (χ1) is 24.2. The molecule has 0 amide bonds. The van der Waals surface area contributed by atoms with Gasteiger partial charge < -0.3 is 0 Å². The molecule has 0 N–H and O–H groups in total. The largest absolute Gasteiger partial charge is 0.294 e. The van der Waals surface area contributed by atoms with Gasteiger partial charge in [-0.3, -0.25) is 9.47 Å². The minimum Gasteiger partial charge on any atom is -0.294 e. The number of benzene rings is 6. The summed E-state index contributed by atoms with van der Waals surface area (Å²) in [4.78, 5) is 12.0. The number of hydrogen-bond acceptors (Lipinski definition) is 3. The molecule has 0 saturated heterocycles. The SMILES string of the molecule is Cc1ccc(-c2ccccc2)c2cccc(N(c3ccc4c5cc(-c6ccccc6)ccc5n(-c5ccccn5)c4c3)c3ccccn3)c12. The minimum absolute atomic E-state index is 0.853. The number of fused-ring (bicyclic) bond motifs is 4. The van der Waals surface area contributed by atoms with Gasteiger partial charge in [0.15, 0.2) is 0 Å². The Kier molecular flexibility index (Phi) is 6.98. The molecule has 0 radical (unpaired) electrons. The highest BCUT2D eigenvalue weighted by molar-refractivity contribution is 6.12. The van der Waals surface area contributed by atoms with Crippen molar-refractivity contribution in [2.45, 2.75) is 6.92 Å². The van der Waals surface area contributed by atoms with E-state index < -0.39 is 0 Å². The van der Waals surface area contributed by atoms with Crippen LogP contribution in [0.25, 0.3) is 60.6 Å². The number of nitrogens with zero attached hydrogens (tertiary/aromatic N) is 4. The summed E-state index contributed by atoms with van der Waals surface area (Å²) in [5, 5.41) is 4.77. The Hall–Kier alpha value is -6.52. The molecule has 9 rings (SSSR count). The maximum atomic E-state index is 4.90. The van der Waals surface area contributed by atoms with Gasteiger partial charge in [0.1, 0.15) is 11.6 Å². The molecule has 0 saturated carbocycles. The van der Waals surface area contributed by atoms with Crippen LogP contribution in [0.3, 0.4) is 0 Å². The molecule has 0 bridgehead atoms. The van der Waals surface area contributed by atoms with E-state index >= 15 is 0 Å². The van der Waals surface area contributed by atoms with E-state index in [2.05, 4.69) is 162 Å². The molecular weight excluding hydrogens is 597 g/mol. The number of anilines is 3. The molecule has 4 heteroatoms. The predicted octanol–water partition coefficient (Wildman–Crippen LogP) is 11.8. The quantitative estimate of drug-likeness (QED) is 0.184. The molecule has 3 aromatic heterocycles. The van der Waals surface area contributed by atoms with Crippen molar-refractivity contribution < 1.29 is 0 Å². The lowest BCUT2D eigenvalue weighted by atomic mass is 9.94. The van der Waals surface area contributed by atoms with Crippen LogP contribution in [-0.2, 0) is 0 Å². The number of aromatic nitrogens is 3. The van der Waals surface area contributed by atoms with Gasteiger partial charge in [-0.05, 0) is 94.7 Å². The monoisotopic (exact) mass is 628 g/mol. The lowest BCUT2D eigenvalue weighted by Crippen LogP contribution is -2.12. The highest BCUT2D eigenvalue weighted by Gasteiger charge is 2.21. The summed E-state index contributed by atoms with van der Waals surface area (Å²) >= 11 is 0. The summed E-state index contributed by atoms with van der Waals surface area (Å²) < 4.78 is 2.28. The van der Waals surface area contributed by atoms with Gasteiger partial charge in [0.05, 0.1) is 16.7 Å². The van der Waals surface area contributed by atoms with Gasteiger partial charge in [-0.1, -0.05) is 109 Å². The fourth-order valence-corrected chi connectivity index (χ4v) is 7.19.